The summed E-state index contributed by atoms with van der Waals surface area (Å²) >= 11 is 5.93. The van der Waals surface area contributed by atoms with Crippen LogP contribution in [0.5, 0.6) is 0 Å². The quantitative estimate of drug-likeness (QED) is 0.863. The van der Waals surface area contributed by atoms with E-state index in [0.29, 0.717) is 17.0 Å². The number of hydrogen-bond acceptors (Lipinski definition) is 2. The van der Waals surface area contributed by atoms with E-state index in [-0.39, 0.29) is 18.1 Å². The molecular formula is C14H20ClNO2. The van der Waals surface area contributed by atoms with E-state index in [0.717, 1.165) is 12.0 Å². The summed E-state index contributed by atoms with van der Waals surface area (Å²) in [6.45, 7) is 5.85. The van der Waals surface area contributed by atoms with E-state index in [9.17, 15) is 4.79 Å². The van der Waals surface area contributed by atoms with Crippen LogP contribution in [-0.4, -0.2) is 23.2 Å². The van der Waals surface area contributed by atoms with Gasteiger partial charge in [-0.3, -0.25) is 4.79 Å². The summed E-state index contributed by atoms with van der Waals surface area (Å²) in [7, 11) is 0. The summed E-state index contributed by atoms with van der Waals surface area (Å²) in [5.41, 5.74) is 1.10. The summed E-state index contributed by atoms with van der Waals surface area (Å²) in [6, 6.07) is 5.20. The highest BCUT2D eigenvalue weighted by molar-refractivity contribution is 6.31. The average molecular weight is 270 g/mol. The Morgan fingerprint density at radius 1 is 1.50 bits per heavy atom. The molecule has 0 bridgehead atoms. The normalized spacial score (nSPS) is 14.1. The van der Waals surface area contributed by atoms with Crippen molar-refractivity contribution in [1.82, 2.24) is 5.32 Å². The van der Waals surface area contributed by atoms with Gasteiger partial charge in [-0.05, 0) is 50.5 Å². The van der Waals surface area contributed by atoms with Gasteiger partial charge in [0, 0.05) is 22.7 Å². The zero-order chi connectivity index (χ0) is 13.8. The van der Waals surface area contributed by atoms with Crippen molar-refractivity contribution in [2.75, 3.05) is 6.61 Å². The molecule has 1 atom stereocenters. The number of carbonyl (C=O) groups is 1. The van der Waals surface area contributed by atoms with Gasteiger partial charge >= 0.3 is 0 Å². The fourth-order valence-electron chi connectivity index (χ4n) is 1.71. The Bertz CT molecular complexity index is 434. The Labute approximate surface area is 113 Å². The van der Waals surface area contributed by atoms with E-state index >= 15 is 0 Å². The zero-order valence-corrected chi connectivity index (χ0v) is 11.8. The highest BCUT2D eigenvalue weighted by Crippen LogP contribution is 2.18. The molecule has 1 aromatic carbocycles. The molecule has 100 valence electrons. The number of amides is 1. The predicted molar refractivity (Wildman–Crippen MR) is 74.1 cm³/mol. The van der Waals surface area contributed by atoms with Crippen molar-refractivity contribution in [3.63, 3.8) is 0 Å². The maximum absolute atomic E-state index is 12.1. The molecule has 0 fully saturated rings. The van der Waals surface area contributed by atoms with E-state index < -0.39 is 0 Å². The Kier molecular flexibility index (Phi) is 5.17. The molecule has 0 radical (unpaired) electrons. The minimum atomic E-state index is -0.376. The SMILES string of the molecule is CCC(C)(CCO)NC(=O)c1ccc(Cl)c(C)c1. The van der Waals surface area contributed by atoms with Gasteiger partial charge in [0.05, 0.1) is 0 Å². The van der Waals surface area contributed by atoms with Crippen LogP contribution >= 0.6 is 11.6 Å². The third kappa shape index (κ3) is 3.72. The van der Waals surface area contributed by atoms with Crippen molar-refractivity contribution >= 4 is 17.5 Å². The van der Waals surface area contributed by atoms with Crippen LogP contribution in [-0.2, 0) is 0 Å². The van der Waals surface area contributed by atoms with Crippen LogP contribution in [0.15, 0.2) is 18.2 Å². The number of carbonyl (C=O) groups excluding carboxylic acids is 1. The van der Waals surface area contributed by atoms with Crippen molar-refractivity contribution in [3.8, 4) is 0 Å². The first-order valence-corrected chi connectivity index (χ1v) is 6.49. The fourth-order valence-corrected chi connectivity index (χ4v) is 1.82. The summed E-state index contributed by atoms with van der Waals surface area (Å²) in [4.78, 5) is 12.1. The number of aliphatic hydroxyl groups is 1. The molecule has 3 nitrogen and oxygen atoms in total. The number of aliphatic hydroxyl groups excluding tert-OH is 1. The Morgan fingerprint density at radius 3 is 2.67 bits per heavy atom. The van der Waals surface area contributed by atoms with Gasteiger partial charge in [-0.15, -0.1) is 0 Å². The third-order valence-corrected chi connectivity index (χ3v) is 3.70. The molecule has 0 aliphatic carbocycles. The van der Waals surface area contributed by atoms with Gasteiger partial charge in [0.1, 0.15) is 0 Å². The van der Waals surface area contributed by atoms with Crippen LogP contribution in [0, 0.1) is 6.92 Å². The van der Waals surface area contributed by atoms with E-state index in [1.807, 2.05) is 20.8 Å². The first-order chi connectivity index (χ1) is 8.41. The van der Waals surface area contributed by atoms with Crippen LogP contribution in [0.3, 0.4) is 0 Å². The molecule has 1 amide bonds. The van der Waals surface area contributed by atoms with Gasteiger partial charge in [0.25, 0.3) is 5.91 Å². The molecule has 0 saturated heterocycles. The maximum Gasteiger partial charge on any atom is 0.251 e. The lowest BCUT2D eigenvalue weighted by atomic mass is 9.94. The molecule has 2 N–H and O–H groups in total. The van der Waals surface area contributed by atoms with Gasteiger partial charge in [0.2, 0.25) is 0 Å². The smallest absolute Gasteiger partial charge is 0.251 e. The first-order valence-electron chi connectivity index (χ1n) is 6.11. The molecule has 0 heterocycles. The van der Waals surface area contributed by atoms with Gasteiger partial charge in [-0.2, -0.15) is 0 Å². The Hall–Kier alpha value is -1.06. The fraction of sp³-hybridized carbons (Fsp3) is 0.500. The molecule has 1 aromatic rings. The Balaban J connectivity index is 2.84. The minimum Gasteiger partial charge on any atom is -0.396 e. The van der Waals surface area contributed by atoms with Crippen molar-refractivity contribution in [3.05, 3.63) is 34.3 Å². The van der Waals surface area contributed by atoms with Gasteiger partial charge in [-0.25, -0.2) is 0 Å². The van der Waals surface area contributed by atoms with Crippen molar-refractivity contribution in [1.29, 1.82) is 0 Å². The van der Waals surface area contributed by atoms with Crippen LogP contribution < -0.4 is 5.32 Å². The number of benzene rings is 1. The van der Waals surface area contributed by atoms with Crippen molar-refractivity contribution < 1.29 is 9.90 Å². The van der Waals surface area contributed by atoms with E-state index in [2.05, 4.69) is 5.32 Å². The largest absolute Gasteiger partial charge is 0.396 e. The molecule has 18 heavy (non-hydrogen) atoms. The molecule has 0 aromatic heterocycles. The van der Waals surface area contributed by atoms with Gasteiger partial charge in [-0.1, -0.05) is 18.5 Å². The summed E-state index contributed by atoms with van der Waals surface area (Å²) in [5.74, 6) is -0.132. The molecule has 0 saturated carbocycles. The van der Waals surface area contributed by atoms with Crippen LogP contribution in [0.1, 0.15) is 42.6 Å². The minimum absolute atomic E-state index is 0.0598. The molecule has 1 unspecified atom stereocenters. The summed E-state index contributed by atoms with van der Waals surface area (Å²) < 4.78 is 0. The second-order valence-electron chi connectivity index (χ2n) is 4.81. The molecule has 0 spiro atoms. The standard InChI is InChI=1S/C14H20ClNO2/c1-4-14(3,7-8-17)16-13(18)11-5-6-12(15)10(2)9-11/h5-6,9,17H,4,7-8H2,1-3H3,(H,16,18). The number of halogens is 1. The number of rotatable bonds is 5. The van der Waals surface area contributed by atoms with Crippen LogP contribution in [0.2, 0.25) is 5.02 Å². The Morgan fingerprint density at radius 2 is 2.17 bits per heavy atom. The van der Waals surface area contributed by atoms with Crippen LogP contribution in [0.4, 0.5) is 0 Å². The topological polar surface area (TPSA) is 49.3 Å². The van der Waals surface area contributed by atoms with Crippen molar-refractivity contribution in [2.24, 2.45) is 0 Å². The van der Waals surface area contributed by atoms with Crippen molar-refractivity contribution in [2.45, 2.75) is 39.2 Å². The maximum atomic E-state index is 12.1. The number of aryl methyl sites for hydroxylation is 1. The van der Waals surface area contributed by atoms with E-state index in [1.54, 1.807) is 18.2 Å². The molecule has 0 aliphatic heterocycles. The second kappa shape index (κ2) is 6.21. The summed E-state index contributed by atoms with van der Waals surface area (Å²) in [5, 5.41) is 12.6. The second-order valence-corrected chi connectivity index (χ2v) is 5.21. The predicted octanol–water partition coefficient (Wildman–Crippen LogP) is 2.93. The van der Waals surface area contributed by atoms with E-state index in [4.69, 9.17) is 16.7 Å². The lowest BCUT2D eigenvalue weighted by Crippen LogP contribution is -2.46. The lowest BCUT2D eigenvalue weighted by molar-refractivity contribution is 0.0886. The molecular weight excluding hydrogens is 250 g/mol. The third-order valence-electron chi connectivity index (χ3n) is 3.28. The van der Waals surface area contributed by atoms with Crippen LogP contribution in [0.25, 0.3) is 0 Å². The molecule has 0 aliphatic rings. The number of hydrogen-bond donors (Lipinski definition) is 2. The highest BCUT2D eigenvalue weighted by atomic mass is 35.5. The number of nitrogens with one attached hydrogen (secondary N) is 1. The molecule has 4 heteroatoms. The van der Waals surface area contributed by atoms with Gasteiger partial charge < -0.3 is 10.4 Å². The first kappa shape index (κ1) is 15.0. The highest BCUT2D eigenvalue weighted by Gasteiger charge is 2.24. The van der Waals surface area contributed by atoms with Gasteiger partial charge in [0.15, 0.2) is 0 Å². The lowest BCUT2D eigenvalue weighted by Gasteiger charge is -2.29. The molecule has 1 rings (SSSR count). The monoisotopic (exact) mass is 269 g/mol. The van der Waals surface area contributed by atoms with E-state index in [1.165, 1.54) is 0 Å². The zero-order valence-electron chi connectivity index (χ0n) is 11.1. The average Bonchev–Trinajstić information content (AvgIpc) is 2.32. The summed E-state index contributed by atoms with van der Waals surface area (Å²) in [6.07, 6.45) is 1.31.